The van der Waals surface area contributed by atoms with Gasteiger partial charge in [0.15, 0.2) is 18.4 Å². The number of benzene rings is 3. The van der Waals surface area contributed by atoms with E-state index < -0.39 is 48.7 Å². The molecule has 0 saturated carbocycles. The normalized spacial score (nSPS) is 20.1. The number of likely N-dealkylation sites (tertiary alicyclic amines) is 2. The third-order valence-electron chi connectivity index (χ3n) is 8.96. The average molecular weight is 645 g/mol. The number of carbonyl (C=O) groups is 2. The number of hydrogen-bond donors (Lipinski definition) is 2. The largest absolute Gasteiger partial charge is 0.496 e. The Morgan fingerprint density at radius 1 is 1.17 bits per heavy atom. The predicted octanol–water partition coefficient (Wildman–Crippen LogP) is 2.60. The number of rotatable bonds is 7. The van der Waals surface area contributed by atoms with E-state index in [1.165, 1.54) is 19.2 Å². The number of carbonyl (C=O) groups excluding carboxylic acids is 2. The van der Waals surface area contributed by atoms with Crippen molar-refractivity contribution in [1.29, 1.82) is 5.53 Å². The number of fused-ring (bicyclic) bond motifs is 2. The van der Waals surface area contributed by atoms with Crippen LogP contribution >= 0.6 is 0 Å². The van der Waals surface area contributed by atoms with Gasteiger partial charge >= 0.3 is 5.91 Å². The third kappa shape index (κ3) is 5.59. The molecule has 0 radical (unpaired) electrons. The molecule has 11 nitrogen and oxygen atoms in total. The van der Waals surface area contributed by atoms with E-state index in [1.54, 1.807) is 40.9 Å². The van der Waals surface area contributed by atoms with E-state index in [2.05, 4.69) is 21.2 Å². The van der Waals surface area contributed by atoms with E-state index >= 15 is 0 Å². The van der Waals surface area contributed by atoms with E-state index in [1.807, 2.05) is 18.2 Å². The van der Waals surface area contributed by atoms with Crippen LogP contribution in [0.2, 0.25) is 0 Å². The lowest BCUT2D eigenvalue weighted by Gasteiger charge is -2.44. The van der Waals surface area contributed by atoms with E-state index in [9.17, 15) is 22.8 Å². The fourth-order valence-corrected chi connectivity index (χ4v) is 6.55. The second-order valence-corrected chi connectivity index (χ2v) is 12.1. The van der Waals surface area contributed by atoms with Gasteiger partial charge in [-0.15, -0.1) is 0 Å². The summed E-state index contributed by atoms with van der Waals surface area (Å²) in [5.74, 6) is -1.10. The van der Waals surface area contributed by atoms with Crippen molar-refractivity contribution >= 4 is 28.6 Å². The molecule has 4 aromatic rings. The summed E-state index contributed by atoms with van der Waals surface area (Å²) in [5.41, 5.74) is 11.5. The highest BCUT2D eigenvalue weighted by molar-refractivity contribution is 5.98. The molecule has 4 heterocycles. The molecule has 3 aromatic carbocycles. The number of alkyl halides is 2. The molecular weight excluding hydrogens is 613 g/mol. The van der Waals surface area contributed by atoms with Crippen LogP contribution in [0.4, 0.5) is 13.2 Å². The number of nitrogens with zero attached hydrogens (tertiary/aromatic N) is 6. The van der Waals surface area contributed by atoms with Crippen molar-refractivity contribution < 1.29 is 36.9 Å². The van der Waals surface area contributed by atoms with Crippen LogP contribution in [0.25, 0.3) is 22.2 Å². The maximum Gasteiger partial charge on any atom is 0.443 e. The van der Waals surface area contributed by atoms with Gasteiger partial charge in [-0.3, -0.25) is 14.8 Å². The molecule has 240 valence electrons. The van der Waals surface area contributed by atoms with Crippen LogP contribution in [0.3, 0.4) is 0 Å². The molecule has 0 bridgehead atoms. The highest BCUT2D eigenvalue weighted by Crippen LogP contribution is 2.33. The van der Waals surface area contributed by atoms with Crippen molar-refractivity contribution in [2.24, 2.45) is 5.10 Å². The second-order valence-electron chi connectivity index (χ2n) is 12.1. The first-order chi connectivity index (χ1) is 22.5. The monoisotopic (exact) mass is 644 g/mol. The molecule has 3 aliphatic rings. The molecule has 2 fully saturated rings. The zero-order chi connectivity index (χ0) is 33.0. The van der Waals surface area contributed by atoms with Crippen LogP contribution in [0.15, 0.2) is 59.7 Å². The smallest absolute Gasteiger partial charge is 0.443 e. The number of halogens is 3. The summed E-state index contributed by atoms with van der Waals surface area (Å²) in [7, 11) is 3.20. The molecule has 0 spiro atoms. The number of aromatic nitrogens is 2. The van der Waals surface area contributed by atoms with Crippen LogP contribution in [-0.2, 0) is 11.3 Å². The number of ether oxygens (including phenoxy) is 1. The molecule has 1 aromatic heterocycles. The summed E-state index contributed by atoms with van der Waals surface area (Å²) in [4.78, 5) is 29.8. The summed E-state index contributed by atoms with van der Waals surface area (Å²) in [5, 5.41) is 14.1. The van der Waals surface area contributed by atoms with E-state index in [0.717, 1.165) is 25.7 Å². The molecule has 2 atom stereocenters. The number of piperidine rings is 1. The molecule has 7 rings (SSSR count). The number of H-pyrrole nitrogens is 1. The lowest BCUT2D eigenvalue weighted by atomic mass is 9.94. The van der Waals surface area contributed by atoms with Gasteiger partial charge in [0.2, 0.25) is 11.8 Å². The Labute approximate surface area is 266 Å². The number of amides is 2. The zero-order valence-corrected chi connectivity index (χ0v) is 25.6. The minimum absolute atomic E-state index is 0.0498. The third-order valence-corrected chi connectivity index (χ3v) is 8.96. The van der Waals surface area contributed by atoms with E-state index in [-0.39, 0.29) is 42.8 Å². The first-order valence-corrected chi connectivity index (χ1v) is 15.1. The Morgan fingerprint density at radius 3 is 2.74 bits per heavy atom. The van der Waals surface area contributed by atoms with Gasteiger partial charge < -0.3 is 9.64 Å². The van der Waals surface area contributed by atoms with Crippen molar-refractivity contribution in [2.75, 3.05) is 33.8 Å². The van der Waals surface area contributed by atoms with Crippen LogP contribution in [-0.4, -0.2) is 98.9 Å². The van der Waals surface area contributed by atoms with Gasteiger partial charge in [-0.25, -0.2) is 18.0 Å². The maximum absolute atomic E-state index is 15.0. The fourth-order valence-electron chi connectivity index (χ4n) is 6.55. The molecular formula is C33H31F3N8O3+2. The summed E-state index contributed by atoms with van der Waals surface area (Å²) in [6.45, 7) is -1.36. The van der Waals surface area contributed by atoms with Crippen LogP contribution in [0.1, 0.15) is 28.8 Å². The van der Waals surface area contributed by atoms with Gasteiger partial charge in [-0.05, 0) is 53.6 Å². The van der Waals surface area contributed by atoms with Crippen molar-refractivity contribution in [2.45, 2.75) is 37.4 Å². The second kappa shape index (κ2) is 11.6. The predicted molar refractivity (Wildman–Crippen MR) is 162 cm³/mol. The highest BCUT2D eigenvalue weighted by Gasteiger charge is 2.50. The Bertz CT molecular complexity index is 2130. The van der Waals surface area contributed by atoms with E-state index in [4.69, 9.17) is 10.3 Å². The first kappa shape index (κ1) is 30.5. The Kier molecular flexibility index (Phi) is 7.48. The molecule has 2 saturated heterocycles. The molecule has 2 N–H and O–H groups in total. The first-order valence-electron chi connectivity index (χ1n) is 15.1. The minimum atomic E-state index is -2.93. The number of hydrogen-bond acceptors (Lipinski definition) is 7. The van der Waals surface area contributed by atoms with Crippen molar-refractivity contribution in [1.82, 2.24) is 20.0 Å². The molecule has 2 unspecified atom stereocenters. The van der Waals surface area contributed by atoms with Gasteiger partial charge in [-0.2, -0.15) is 5.10 Å². The van der Waals surface area contributed by atoms with Gasteiger partial charge in [0.05, 0.1) is 49.6 Å². The molecule has 14 heteroatoms. The topological polar surface area (TPSA) is 121 Å². The van der Waals surface area contributed by atoms with Crippen molar-refractivity contribution in [3.63, 3.8) is 0 Å². The van der Waals surface area contributed by atoms with Crippen LogP contribution in [0.5, 0.6) is 5.75 Å². The molecule has 47 heavy (non-hydrogen) atoms. The standard InChI is InChI=1S/C33H30F3N8O3/c1-41-14-21-12-19(6-9-26(21)40-41)30-23-13-20(7-10-27(23)38-39-30)31(45)44(37)22-8-11-28(32(46)43-17-33(35,36)18-43)42(15-22)16-24-25(34)4-3-5-29(24)47-2/h3-7,9-10,12-13,22,28,37H,8,11,15-18H2,1-2H3/q+1/p+1. The quantitative estimate of drug-likeness (QED) is 0.237. The molecule has 3 aliphatic heterocycles. The van der Waals surface area contributed by atoms with E-state index in [0.29, 0.717) is 16.6 Å². The maximum atomic E-state index is 15.0. The number of aromatic amines is 1. The van der Waals surface area contributed by atoms with Crippen LogP contribution in [0, 0.1) is 11.3 Å². The van der Waals surface area contributed by atoms with Gasteiger partial charge in [0.25, 0.3) is 5.92 Å². The Hall–Kier alpha value is -5.20. The summed E-state index contributed by atoms with van der Waals surface area (Å²) in [6.07, 6.45) is 0.478. The van der Waals surface area contributed by atoms with Crippen molar-refractivity contribution in [3.05, 3.63) is 82.1 Å². The lowest BCUT2D eigenvalue weighted by Crippen LogP contribution is -2.64. The highest BCUT2D eigenvalue weighted by atomic mass is 19.3. The van der Waals surface area contributed by atoms with Gasteiger partial charge in [0, 0.05) is 34.6 Å². The fraction of sp³-hybridized carbons (Fsp3) is 0.333. The summed E-state index contributed by atoms with van der Waals surface area (Å²) in [6, 6.07) is 13.6. The average Bonchev–Trinajstić information content (AvgIpc) is 3.65. The number of methoxy groups -OCH3 is 1. The van der Waals surface area contributed by atoms with Gasteiger partial charge in [0.1, 0.15) is 16.8 Å². The molecule has 2 amide bonds. The summed E-state index contributed by atoms with van der Waals surface area (Å²) < 4.78 is 50.1. The number of nitrogens with one attached hydrogen (secondary N) is 2. The zero-order valence-electron chi connectivity index (χ0n) is 25.6. The summed E-state index contributed by atoms with van der Waals surface area (Å²) >= 11 is 0. The van der Waals surface area contributed by atoms with Crippen LogP contribution < -0.4 is 15.3 Å². The van der Waals surface area contributed by atoms with Crippen molar-refractivity contribution in [3.8, 4) is 17.0 Å². The SMILES string of the molecule is COc1cccc(F)c1CN1CC([N+](=N)C(=O)c2ccc3[nH]nc(-c4ccc5c(c4)=C=[N+](C)N=5)c3c2)CCC1C(=O)N1CC(F)(F)C1. The van der Waals surface area contributed by atoms with Gasteiger partial charge in [-0.1, -0.05) is 22.4 Å². The Morgan fingerprint density at radius 2 is 1.98 bits per heavy atom. The lowest BCUT2D eigenvalue weighted by molar-refractivity contribution is -0.563. The Balaban J connectivity index is 1.15. The molecule has 0 aliphatic carbocycles. The minimum Gasteiger partial charge on any atom is -0.496 e.